The van der Waals surface area contributed by atoms with Crippen LogP contribution in [0.5, 0.6) is 0 Å². The van der Waals surface area contributed by atoms with Crippen molar-refractivity contribution in [2.45, 2.75) is 13.8 Å². The maximum Gasteiger partial charge on any atom is 0.145 e. The van der Waals surface area contributed by atoms with Crippen LogP contribution in [0.3, 0.4) is 0 Å². The van der Waals surface area contributed by atoms with Crippen LogP contribution < -0.4 is 10.6 Å². The fourth-order valence-electron chi connectivity index (χ4n) is 1.12. The van der Waals surface area contributed by atoms with Gasteiger partial charge in [0, 0.05) is 19.7 Å². The van der Waals surface area contributed by atoms with E-state index in [1.807, 2.05) is 13.8 Å². The molecule has 16 heavy (non-hydrogen) atoms. The average molecular weight is 289 g/mol. The van der Waals surface area contributed by atoms with Crippen LogP contribution in [-0.2, 0) is 0 Å². The molecule has 1 aromatic heterocycles. The Kier molecular flexibility index (Phi) is 5.48. The molecule has 0 aliphatic carbocycles. The molecule has 3 N–H and O–H groups in total. The number of rotatable bonds is 6. The zero-order chi connectivity index (χ0) is 12.0. The van der Waals surface area contributed by atoms with E-state index in [4.69, 9.17) is 5.11 Å². The van der Waals surface area contributed by atoms with Gasteiger partial charge in [-0.25, -0.2) is 9.97 Å². The molecule has 5 nitrogen and oxygen atoms in total. The number of nitrogens with zero attached hydrogens (tertiary/aromatic N) is 2. The van der Waals surface area contributed by atoms with E-state index in [9.17, 15) is 0 Å². The van der Waals surface area contributed by atoms with Gasteiger partial charge in [-0.05, 0) is 28.8 Å². The number of hydrogen-bond acceptors (Lipinski definition) is 5. The van der Waals surface area contributed by atoms with Gasteiger partial charge in [0.05, 0.1) is 0 Å². The normalized spacial score (nSPS) is 12.2. The summed E-state index contributed by atoms with van der Waals surface area (Å²) in [6.07, 6.45) is 1.51. The largest absolute Gasteiger partial charge is 0.396 e. The van der Waals surface area contributed by atoms with Gasteiger partial charge in [0.15, 0.2) is 0 Å². The van der Waals surface area contributed by atoms with Crippen LogP contribution in [0.2, 0.25) is 0 Å². The third-order valence-electron chi connectivity index (χ3n) is 2.06. The first-order valence-corrected chi connectivity index (χ1v) is 6.07. The first kappa shape index (κ1) is 13.2. The number of aliphatic hydroxyl groups is 1. The monoisotopic (exact) mass is 288 g/mol. The maximum absolute atomic E-state index is 8.92. The van der Waals surface area contributed by atoms with E-state index in [-0.39, 0.29) is 12.5 Å². The highest BCUT2D eigenvalue weighted by atomic mass is 79.9. The predicted octanol–water partition coefficient (Wildman–Crippen LogP) is 1.71. The summed E-state index contributed by atoms with van der Waals surface area (Å²) in [7, 11) is 0. The van der Waals surface area contributed by atoms with Crippen LogP contribution in [-0.4, -0.2) is 34.8 Å². The minimum atomic E-state index is 0.162. The van der Waals surface area contributed by atoms with E-state index in [1.165, 1.54) is 6.33 Å². The minimum Gasteiger partial charge on any atom is -0.396 e. The molecule has 0 saturated carbocycles. The lowest BCUT2D eigenvalue weighted by molar-refractivity contribution is 0.244. The summed E-state index contributed by atoms with van der Waals surface area (Å²) < 4.78 is 0.821. The van der Waals surface area contributed by atoms with Gasteiger partial charge in [0.25, 0.3) is 0 Å². The van der Waals surface area contributed by atoms with E-state index in [0.29, 0.717) is 6.54 Å². The molecule has 0 aliphatic heterocycles. The third-order valence-corrected chi connectivity index (χ3v) is 2.81. The molecule has 0 spiro atoms. The van der Waals surface area contributed by atoms with Crippen LogP contribution in [0.4, 0.5) is 11.6 Å². The zero-order valence-electron chi connectivity index (χ0n) is 9.50. The van der Waals surface area contributed by atoms with E-state index < -0.39 is 0 Å². The first-order valence-electron chi connectivity index (χ1n) is 5.28. The van der Waals surface area contributed by atoms with Gasteiger partial charge in [-0.3, -0.25) is 0 Å². The van der Waals surface area contributed by atoms with Crippen LogP contribution in [0.15, 0.2) is 10.8 Å². The van der Waals surface area contributed by atoms with E-state index in [1.54, 1.807) is 0 Å². The number of anilines is 2. The van der Waals surface area contributed by atoms with Gasteiger partial charge in [-0.2, -0.15) is 0 Å². The van der Waals surface area contributed by atoms with Gasteiger partial charge in [0.2, 0.25) is 0 Å². The van der Waals surface area contributed by atoms with Crippen molar-refractivity contribution in [3.8, 4) is 0 Å². The summed E-state index contributed by atoms with van der Waals surface area (Å²) in [4.78, 5) is 8.25. The zero-order valence-corrected chi connectivity index (χ0v) is 11.1. The molecular weight excluding hydrogens is 272 g/mol. The molecule has 1 aromatic rings. The van der Waals surface area contributed by atoms with Crippen LogP contribution >= 0.6 is 15.9 Å². The molecule has 0 aromatic carbocycles. The quantitative estimate of drug-likeness (QED) is 0.744. The Morgan fingerprint density at radius 1 is 1.38 bits per heavy atom. The Morgan fingerprint density at radius 2 is 2.00 bits per heavy atom. The Bertz CT molecular complexity index is 335. The fraction of sp³-hybridized carbons (Fsp3) is 0.600. The van der Waals surface area contributed by atoms with E-state index >= 15 is 0 Å². The van der Waals surface area contributed by atoms with Gasteiger partial charge in [0.1, 0.15) is 22.4 Å². The molecule has 1 rings (SSSR count). The smallest absolute Gasteiger partial charge is 0.145 e. The summed E-state index contributed by atoms with van der Waals surface area (Å²) in [6.45, 7) is 5.62. The summed E-state index contributed by atoms with van der Waals surface area (Å²) >= 11 is 3.44. The van der Waals surface area contributed by atoms with Gasteiger partial charge in [-0.1, -0.05) is 6.92 Å². The summed E-state index contributed by atoms with van der Waals surface area (Å²) in [5.41, 5.74) is 0. The summed E-state index contributed by atoms with van der Waals surface area (Å²) in [5.74, 6) is 1.72. The summed E-state index contributed by atoms with van der Waals surface area (Å²) in [5, 5.41) is 15.2. The molecule has 0 radical (unpaired) electrons. The van der Waals surface area contributed by atoms with Crippen molar-refractivity contribution >= 4 is 27.6 Å². The number of nitrogens with one attached hydrogen (secondary N) is 2. The average Bonchev–Trinajstić information content (AvgIpc) is 2.30. The molecule has 0 amide bonds. The van der Waals surface area contributed by atoms with Crippen LogP contribution in [0, 0.1) is 5.92 Å². The fourth-order valence-corrected chi connectivity index (χ4v) is 1.60. The lowest BCUT2D eigenvalue weighted by Gasteiger charge is -2.13. The SMILES string of the molecule is CCNc1ncnc(NCC(C)CO)c1Br. The van der Waals surface area contributed by atoms with Crippen molar-refractivity contribution in [1.29, 1.82) is 0 Å². The van der Waals surface area contributed by atoms with Crippen LogP contribution in [0.1, 0.15) is 13.8 Å². The second kappa shape index (κ2) is 6.65. The molecule has 0 aliphatic rings. The lowest BCUT2D eigenvalue weighted by atomic mass is 10.2. The maximum atomic E-state index is 8.92. The van der Waals surface area contributed by atoms with Crippen molar-refractivity contribution in [2.75, 3.05) is 30.3 Å². The molecule has 1 unspecified atom stereocenters. The molecular formula is C10H17BrN4O. The first-order chi connectivity index (χ1) is 7.69. The topological polar surface area (TPSA) is 70.1 Å². The molecule has 90 valence electrons. The van der Waals surface area contributed by atoms with E-state index in [2.05, 4.69) is 36.5 Å². The Labute approximate surface area is 104 Å². The Hall–Kier alpha value is -0.880. The Morgan fingerprint density at radius 3 is 2.56 bits per heavy atom. The summed E-state index contributed by atoms with van der Waals surface area (Å²) in [6, 6.07) is 0. The number of hydrogen-bond donors (Lipinski definition) is 3. The second-order valence-electron chi connectivity index (χ2n) is 3.58. The van der Waals surface area contributed by atoms with Crippen molar-refractivity contribution < 1.29 is 5.11 Å². The molecule has 6 heteroatoms. The van der Waals surface area contributed by atoms with Crippen molar-refractivity contribution in [3.05, 3.63) is 10.8 Å². The molecule has 0 saturated heterocycles. The highest BCUT2D eigenvalue weighted by molar-refractivity contribution is 9.10. The molecule has 0 fully saturated rings. The lowest BCUT2D eigenvalue weighted by Crippen LogP contribution is -2.16. The predicted molar refractivity (Wildman–Crippen MR) is 68.6 cm³/mol. The molecule has 1 atom stereocenters. The van der Waals surface area contributed by atoms with Crippen LogP contribution in [0.25, 0.3) is 0 Å². The highest BCUT2D eigenvalue weighted by Gasteiger charge is 2.08. The number of halogens is 1. The van der Waals surface area contributed by atoms with Crippen molar-refractivity contribution in [1.82, 2.24) is 9.97 Å². The van der Waals surface area contributed by atoms with E-state index in [0.717, 1.165) is 22.7 Å². The Balaban J connectivity index is 2.69. The second-order valence-corrected chi connectivity index (χ2v) is 4.38. The number of aliphatic hydroxyl groups excluding tert-OH is 1. The third kappa shape index (κ3) is 3.61. The van der Waals surface area contributed by atoms with Crippen molar-refractivity contribution in [3.63, 3.8) is 0 Å². The highest BCUT2D eigenvalue weighted by Crippen LogP contribution is 2.26. The molecule has 0 bridgehead atoms. The standard InChI is InChI=1S/C10H17BrN4O/c1-3-12-9-8(11)10(15-6-14-9)13-4-7(2)5-16/h6-7,16H,3-5H2,1-2H3,(H2,12,13,14,15). The van der Waals surface area contributed by atoms with Gasteiger partial charge < -0.3 is 15.7 Å². The van der Waals surface area contributed by atoms with Crippen molar-refractivity contribution in [2.24, 2.45) is 5.92 Å². The minimum absolute atomic E-state index is 0.162. The van der Waals surface area contributed by atoms with Gasteiger partial charge in [-0.15, -0.1) is 0 Å². The number of aromatic nitrogens is 2. The molecule has 1 heterocycles. The van der Waals surface area contributed by atoms with Gasteiger partial charge >= 0.3 is 0 Å².